The lowest BCUT2D eigenvalue weighted by molar-refractivity contribution is -0.122. The second kappa shape index (κ2) is 5.95. The number of rotatable bonds is 3. The SMILES string of the molecule is Cc1cncc(CNC(=O)C2CCc3ccccc3N2)c1. The molecule has 0 spiro atoms. The summed E-state index contributed by atoms with van der Waals surface area (Å²) in [6.07, 6.45) is 5.37. The van der Waals surface area contributed by atoms with Gasteiger partial charge in [0.2, 0.25) is 5.91 Å². The third-order valence-electron chi connectivity index (χ3n) is 3.76. The van der Waals surface area contributed by atoms with Crippen molar-refractivity contribution in [3.05, 3.63) is 59.4 Å². The molecule has 4 heteroatoms. The number of hydrogen-bond acceptors (Lipinski definition) is 3. The zero-order chi connectivity index (χ0) is 14.7. The van der Waals surface area contributed by atoms with Crippen LogP contribution in [0, 0.1) is 6.92 Å². The first-order valence-electron chi connectivity index (χ1n) is 7.25. The molecular formula is C17H19N3O. The quantitative estimate of drug-likeness (QED) is 0.908. The Bertz CT molecular complexity index is 654. The van der Waals surface area contributed by atoms with Crippen LogP contribution in [0.5, 0.6) is 0 Å². The van der Waals surface area contributed by atoms with Gasteiger partial charge in [0, 0.05) is 24.6 Å². The lowest BCUT2D eigenvalue weighted by Gasteiger charge is -2.26. The van der Waals surface area contributed by atoms with Crippen LogP contribution in [0.15, 0.2) is 42.7 Å². The minimum absolute atomic E-state index is 0.0472. The van der Waals surface area contributed by atoms with Crippen LogP contribution in [0.2, 0.25) is 0 Å². The number of hydrogen-bond donors (Lipinski definition) is 2. The van der Waals surface area contributed by atoms with E-state index in [9.17, 15) is 4.79 Å². The second-order valence-corrected chi connectivity index (χ2v) is 5.48. The highest BCUT2D eigenvalue weighted by Crippen LogP contribution is 2.24. The van der Waals surface area contributed by atoms with E-state index in [0.717, 1.165) is 29.7 Å². The van der Waals surface area contributed by atoms with Gasteiger partial charge in [-0.05, 0) is 42.5 Å². The molecule has 3 rings (SSSR count). The van der Waals surface area contributed by atoms with Crippen LogP contribution in [-0.2, 0) is 17.8 Å². The smallest absolute Gasteiger partial charge is 0.242 e. The van der Waals surface area contributed by atoms with Crippen LogP contribution < -0.4 is 10.6 Å². The van der Waals surface area contributed by atoms with Gasteiger partial charge in [0.05, 0.1) is 0 Å². The Kier molecular flexibility index (Phi) is 3.86. The maximum atomic E-state index is 12.3. The minimum Gasteiger partial charge on any atom is -0.373 e. The molecule has 1 unspecified atom stereocenters. The first-order chi connectivity index (χ1) is 10.2. The molecule has 2 heterocycles. The molecule has 1 aliphatic rings. The molecule has 4 nitrogen and oxygen atoms in total. The number of para-hydroxylation sites is 1. The second-order valence-electron chi connectivity index (χ2n) is 5.48. The molecule has 1 aliphatic heterocycles. The highest BCUT2D eigenvalue weighted by atomic mass is 16.2. The van der Waals surface area contributed by atoms with E-state index in [-0.39, 0.29) is 11.9 Å². The average molecular weight is 281 g/mol. The van der Waals surface area contributed by atoms with Crippen molar-refractivity contribution in [2.24, 2.45) is 0 Å². The summed E-state index contributed by atoms with van der Waals surface area (Å²) in [5.41, 5.74) is 4.48. The molecule has 0 radical (unpaired) electrons. The lowest BCUT2D eigenvalue weighted by Crippen LogP contribution is -2.41. The zero-order valence-electron chi connectivity index (χ0n) is 12.1. The summed E-state index contributed by atoms with van der Waals surface area (Å²) < 4.78 is 0. The Labute approximate surface area is 124 Å². The van der Waals surface area contributed by atoms with Crippen molar-refractivity contribution in [2.45, 2.75) is 32.4 Å². The van der Waals surface area contributed by atoms with E-state index < -0.39 is 0 Å². The number of nitrogens with zero attached hydrogens (tertiary/aromatic N) is 1. The van der Waals surface area contributed by atoms with E-state index in [1.807, 2.05) is 37.4 Å². The Balaban J connectivity index is 1.59. The number of fused-ring (bicyclic) bond motifs is 1. The summed E-state index contributed by atoms with van der Waals surface area (Å²) in [4.78, 5) is 16.4. The fraction of sp³-hybridized carbons (Fsp3) is 0.294. The van der Waals surface area contributed by atoms with E-state index in [1.165, 1.54) is 5.56 Å². The third kappa shape index (κ3) is 3.21. The molecule has 0 saturated carbocycles. The van der Waals surface area contributed by atoms with Crippen LogP contribution in [0.25, 0.3) is 0 Å². The van der Waals surface area contributed by atoms with Crippen molar-refractivity contribution in [2.75, 3.05) is 5.32 Å². The van der Waals surface area contributed by atoms with Gasteiger partial charge in [-0.2, -0.15) is 0 Å². The summed E-state index contributed by atoms with van der Waals surface area (Å²) in [7, 11) is 0. The predicted octanol–water partition coefficient (Wildman–Crippen LogP) is 2.43. The van der Waals surface area contributed by atoms with Gasteiger partial charge >= 0.3 is 0 Å². The van der Waals surface area contributed by atoms with Gasteiger partial charge in [-0.3, -0.25) is 9.78 Å². The van der Waals surface area contributed by atoms with Crippen LogP contribution in [-0.4, -0.2) is 16.9 Å². The molecule has 2 N–H and O–H groups in total. The molecule has 21 heavy (non-hydrogen) atoms. The zero-order valence-corrected chi connectivity index (χ0v) is 12.1. The number of pyridine rings is 1. The van der Waals surface area contributed by atoms with Gasteiger partial charge < -0.3 is 10.6 Å². The molecule has 1 atom stereocenters. The van der Waals surface area contributed by atoms with E-state index >= 15 is 0 Å². The van der Waals surface area contributed by atoms with Gasteiger partial charge in [0.25, 0.3) is 0 Å². The molecule has 1 aromatic heterocycles. The summed E-state index contributed by atoms with van der Waals surface area (Å²) in [5.74, 6) is 0.0472. The third-order valence-corrected chi connectivity index (χ3v) is 3.76. The van der Waals surface area contributed by atoms with E-state index in [2.05, 4.69) is 21.7 Å². The summed E-state index contributed by atoms with van der Waals surface area (Å²) in [6, 6.07) is 10.0. The van der Waals surface area contributed by atoms with E-state index in [4.69, 9.17) is 0 Å². The maximum Gasteiger partial charge on any atom is 0.242 e. The molecule has 0 saturated heterocycles. The fourth-order valence-electron chi connectivity index (χ4n) is 2.66. The number of aromatic nitrogens is 1. The van der Waals surface area contributed by atoms with Crippen molar-refractivity contribution >= 4 is 11.6 Å². The van der Waals surface area contributed by atoms with Gasteiger partial charge in [0.1, 0.15) is 6.04 Å². The van der Waals surface area contributed by atoms with Crippen molar-refractivity contribution in [1.29, 1.82) is 0 Å². The van der Waals surface area contributed by atoms with Crippen molar-refractivity contribution in [3.8, 4) is 0 Å². The Hall–Kier alpha value is -2.36. The minimum atomic E-state index is -0.155. The molecule has 0 fully saturated rings. The van der Waals surface area contributed by atoms with Crippen molar-refractivity contribution in [1.82, 2.24) is 10.3 Å². The summed E-state index contributed by atoms with van der Waals surface area (Å²) in [6.45, 7) is 2.52. The number of carbonyl (C=O) groups is 1. The summed E-state index contributed by atoms with van der Waals surface area (Å²) in [5, 5.41) is 6.30. The molecule has 0 bridgehead atoms. The van der Waals surface area contributed by atoms with Gasteiger partial charge in [-0.15, -0.1) is 0 Å². The van der Waals surface area contributed by atoms with Gasteiger partial charge in [-0.1, -0.05) is 24.3 Å². The van der Waals surface area contributed by atoms with E-state index in [1.54, 1.807) is 6.20 Å². The van der Waals surface area contributed by atoms with Crippen molar-refractivity contribution < 1.29 is 4.79 Å². The predicted molar refractivity (Wildman–Crippen MR) is 83.0 cm³/mol. The van der Waals surface area contributed by atoms with Gasteiger partial charge in [0.15, 0.2) is 0 Å². The number of benzene rings is 1. The standard InChI is InChI=1S/C17H19N3O/c1-12-8-13(10-18-9-12)11-19-17(21)16-7-6-14-4-2-3-5-15(14)20-16/h2-5,8-10,16,20H,6-7,11H2,1H3,(H,19,21). The first-order valence-corrected chi connectivity index (χ1v) is 7.25. The first kappa shape index (κ1) is 13.6. The van der Waals surface area contributed by atoms with Crippen molar-refractivity contribution in [3.63, 3.8) is 0 Å². The summed E-state index contributed by atoms with van der Waals surface area (Å²) >= 11 is 0. The molecule has 108 valence electrons. The Morgan fingerprint density at radius 3 is 3.10 bits per heavy atom. The molecule has 1 aromatic carbocycles. The topological polar surface area (TPSA) is 54.0 Å². The van der Waals surface area contributed by atoms with Crippen LogP contribution in [0.4, 0.5) is 5.69 Å². The maximum absolute atomic E-state index is 12.3. The Morgan fingerprint density at radius 1 is 1.38 bits per heavy atom. The normalized spacial score (nSPS) is 16.7. The number of carbonyl (C=O) groups excluding carboxylic acids is 1. The average Bonchev–Trinajstić information content (AvgIpc) is 2.52. The number of amides is 1. The molecule has 0 aliphatic carbocycles. The van der Waals surface area contributed by atoms with Crippen LogP contribution >= 0.6 is 0 Å². The van der Waals surface area contributed by atoms with E-state index in [0.29, 0.717) is 6.54 Å². The fourth-order valence-corrected chi connectivity index (χ4v) is 2.66. The highest BCUT2D eigenvalue weighted by molar-refractivity contribution is 5.85. The number of aryl methyl sites for hydroxylation is 2. The molecule has 1 amide bonds. The highest BCUT2D eigenvalue weighted by Gasteiger charge is 2.23. The molecular weight excluding hydrogens is 262 g/mol. The number of anilines is 1. The Morgan fingerprint density at radius 2 is 2.24 bits per heavy atom. The lowest BCUT2D eigenvalue weighted by atomic mass is 9.97. The van der Waals surface area contributed by atoms with Gasteiger partial charge in [-0.25, -0.2) is 0 Å². The van der Waals surface area contributed by atoms with Crippen LogP contribution in [0.3, 0.4) is 0 Å². The number of nitrogens with one attached hydrogen (secondary N) is 2. The molecule has 2 aromatic rings. The monoisotopic (exact) mass is 281 g/mol. The largest absolute Gasteiger partial charge is 0.373 e. The van der Waals surface area contributed by atoms with Crippen LogP contribution in [0.1, 0.15) is 23.1 Å².